The van der Waals surface area contributed by atoms with Gasteiger partial charge in [-0.25, -0.2) is 0 Å². The Balaban J connectivity index is 2.79. The summed E-state index contributed by atoms with van der Waals surface area (Å²) in [7, 11) is -1.59. The first-order valence-electron chi connectivity index (χ1n) is 12.4. The third-order valence-corrected chi connectivity index (χ3v) is 12.0. The van der Waals surface area contributed by atoms with Crippen LogP contribution in [0, 0.1) is 5.92 Å². The standard InChI is InChI=1S/C28H46O3Si/c1-9-32(10-2,11-3)28-20-26(21-30-28)27(31-25(8)29)19-18-24(7)17-13-16-23(6)15-12-14-22(4)5/h14,16,18-21,24,27H,9-13,15,17H2,1-8H3/b19-18+,23-16+. The molecule has 0 fully saturated rings. The Morgan fingerprint density at radius 2 is 1.69 bits per heavy atom. The highest BCUT2D eigenvalue weighted by molar-refractivity contribution is 6.90. The fraction of sp³-hybridized carbons (Fsp3) is 0.607. The topological polar surface area (TPSA) is 39.4 Å². The van der Waals surface area contributed by atoms with Crippen LogP contribution in [-0.4, -0.2) is 14.0 Å². The zero-order valence-electron chi connectivity index (χ0n) is 21.8. The van der Waals surface area contributed by atoms with Gasteiger partial charge in [-0.1, -0.05) is 75.2 Å². The molecule has 0 aliphatic carbocycles. The minimum Gasteiger partial charge on any atom is -0.474 e. The van der Waals surface area contributed by atoms with E-state index < -0.39 is 8.07 Å². The minimum absolute atomic E-state index is 0.269. The molecule has 0 radical (unpaired) electrons. The maximum Gasteiger partial charge on any atom is 0.303 e. The summed E-state index contributed by atoms with van der Waals surface area (Å²) in [4.78, 5) is 11.7. The van der Waals surface area contributed by atoms with Crippen molar-refractivity contribution in [3.05, 3.63) is 53.3 Å². The Labute approximate surface area is 198 Å². The van der Waals surface area contributed by atoms with E-state index >= 15 is 0 Å². The maximum absolute atomic E-state index is 11.7. The largest absolute Gasteiger partial charge is 0.474 e. The number of hydrogen-bond donors (Lipinski definition) is 0. The van der Waals surface area contributed by atoms with Crippen molar-refractivity contribution in [2.24, 2.45) is 5.92 Å². The van der Waals surface area contributed by atoms with Crippen molar-refractivity contribution in [3.63, 3.8) is 0 Å². The summed E-state index contributed by atoms with van der Waals surface area (Å²) >= 11 is 0. The number of carbonyl (C=O) groups is 1. The molecule has 0 aliphatic rings. The van der Waals surface area contributed by atoms with Gasteiger partial charge in [0, 0.05) is 12.5 Å². The predicted octanol–water partition coefficient (Wildman–Crippen LogP) is 8.26. The Kier molecular flexibility index (Phi) is 12.7. The van der Waals surface area contributed by atoms with E-state index in [0.29, 0.717) is 5.92 Å². The average Bonchev–Trinajstić information content (AvgIpc) is 3.23. The molecule has 2 unspecified atom stereocenters. The molecule has 0 saturated heterocycles. The lowest BCUT2D eigenvalue weighted by atomic mass is 10.0. The quantitative estimate of drug-likeness (QED) is 0.160. The van der Waals surface area contributed by atoms with Gasteiger partial charge < -0.3 is 9.15 Å². The van der Waals surface area contributed by atoms with Crippen LogP contribution in [-0.2, 0) is 9.53 Å². The van der Waals surface area contributed by atoms with Crippen LogP contribution in [0.2, 0.25) is 18.1 Å². The molecule has 1 aromatic rings. The van der Waals surface area contributed by atoms with Crippen LogP contribution in [0.25, 0.3) is 0 Å². The number of carbonyl (C=O) groups excluding carboxylic acids is 1. The summed E-state index contributed by atoms with van der Waals surface area (Å²) in [6.45, 7) is 17.0. The predicted molar refractivity (Wildman–Crippen MR) is 140 cm³/mol. The van der Waals surface area contributed by atoms with E-state index in [0.717, 1.165) is 36.6 Å². The van der Waals surface area contributed by atoms with Crippen molar-refractivity contribution in [3.8, 4) is 0 Å². The number of furan rings is 1. The van der Waals surface area contributed by atoms with Gasteiger partial charge in [0.25, 0.3) is 0 Å². The lowest BCUT2D eigenvalue weighted by Gasteiger charge is -2.24. The number of rotatable bonds is 14. The van der Waals surface area contributed by atoms with Crippen LogP contribution in [0.15, 0.2) is 52.2 Å². The second-order valence-electron chi connectivity index (χ2n) is 9.43. The molecule has 180 valence electrons. The number of esters is 1. The summed E-state index contributed by atoms with van der Waals surface area (Å²) in [5, 5.41) is 1.13. The molecule has 0 spiro atoms. The molecule has 0 aromatic carbocycles. The van der Waals surface area contributed by atoms with Gasteiger partial charge >= 0.3 is 5.97 Å². The second kappa shape index (κ2) is 14.4. The van der Waals surface area contributed by atoms with Crippen molar-refractivity contribution in [2.45, 2.75) is 105 Å². The lowest BCUT2D eigenvalue weighted by molar-refractivity contribution is -0.144. The van der Waals surface area contributed by atoms with Gasteiger partial charge in [-0.2, -0.15) is 0 Å². The van der Waals surface area contributed by atoms with Gasteiger partial charge in [-0.05, 0) is 64.5 Å². The Morgan fingerprint density at radius 3 is 2.25 bits per heavy atom. The summed E-state index contributed by atoms with van der Waals surface area (Å²) in [5.41, 5.74) is 3.79. The summed E-state index contributed by atoms with van der Waals surface area (Å²) in [5.74, 6) is 0.145. The van der Waals surface area contributed by atoms with Crippen molar-refractivity contribution in [2.75, 3.05) is 0 Å². The maximum atomic E-state index is 11.7. The van der Waals surface area contributed by atoms with E-state index in [-0.39, 0.29) is 12.1 Å². The first-order valence-corrected chi connectivity index (χ1v) is 15.0. The summed E-state index contributed by atoms with van der Waals surface area (Å²) < 4.78 is 11.7. The molecule has 0 bridgehead atoms. The van der Waals surface area contributed by atoms with Crippen LogP contribution in [0.1, 0.15) is 92.7 Å². The van der Waals surface area contributed by atoms with Crippen LogP contribution in [0.4, 0.5) is 0 Å². The average molecular weight is 459 g/mol. The molecule has 4 heteroatoms. The van der Waals surface area contributed by atoms with Gasteiger partial charge in [0.1, 0.15) is 14.2 Å². The molecule has 2 atom stereocenters. The van der Waals surface area contributed by atoms with E-state index in [9.17, 15) is 4.79 Å². The smallest absolute Gasteiger partial charge is 0.303 e. The Bertz CT molecular complexity index is 768. The van der Waals surface area contributed by atoms with E-state index in [1.165, 1.54) is 36.2 Å². The van der Waals surface area contributed by atoms with E-state index in [4.69, 9.17) is 9.15 Å². The molecule has 0 aliphatic heterocycles. The monoisotopic (exact) mass is 458 g/mol. The highest BCUT2D eigenvalue weighted by atomic mass is 28.3. The van der Waals surface area contributed by atoms with Gasteiger partial charge in [0.15, 0.2) is 0 Å². The summed E-state index contributed by atoms with van der Waals surface area (Å²) in [6.07, 6.45) is 14.7. The van der Waals surface area contributed by atoms with Crippen LogP contribution < -0.4 is 5.38 Å². The normalized spacial score (nSPS) is 14.4. The first kappa shape index (κ1) is 28.2. The first-order chi connectivity index (χ1) is 15.2. The van der Waals surface area contributed by atoms with Crippen molar-refractivity contribution in [1.29, 1.82) is 0 Å². The van der Waals surface area contributed by atoms with E-state index in [1.54, 1.807) is 6.26 Å². The highest BCUT2D eigenvalue weighted by Gasteiger charge is 2.33. The molecule has 1 heterocycles. The van der Waals surface area contributed by atoms with Crippen molar-refractivity contribution >= 4 is 19.4 Å². The van der Waals surface area contributed by atoms with E-state index in [1.807, 2.05) is 6.08 Å². The fourth-order valence-electron chi connectivity index (χ4n) is 4.12. The van der Waals surface area contributed by atoms with E-state index in [2.05, 4.69) is 72.8 Å². The van der Waals surface area contributed by atoms with Crippen molar-refractivity contribution in [1.82, 2.24) is 0 Å². The zero-order chi connectivity index (χ0) is 24.1. The lowest BCUT2D eigenvalue weighted by Crippen LogP contribution is -2.44. The number of ether oxygens (including phenoxy) is 1. The third-order valence-electron chi connectivity index (χ3n) is 6.61. The number of allylic oxidation sites excluding steroid dienone is 5. The van der Waals surface area contributed by atoms with Crippen molar-refractivity contribution < 1.29 is 13.9 Å². The molecule has 0 saturated carbocycles. The Hall–Kier alpha value is -1.81. The minimum atomic E-state index is -1.59. The molecule has 1 aromatic heterocycles. The van der Waals surface area contributed by atoms with Gasteiger partial charge in [-0.3, -0.25) is 4.79 Å². The zero-order valence-corrected chi connectivity index (χ0v) is 22.8. The molecule has 0 amide bonds. The van der Waals surface area contributed by atoms with Crippen LogP contribution in [0.3, 0.4) is 0 Å². The SMILES string of the molecule is CC[Si](CC)(CC)c1cc(C(/C=C/C(C)CC/C=C(\C)CCC=C(C)C)OC(C)=O)co1. The highest BCUT2D eigenvalue weighted by Crippen LogP contribution is 2.26. The number of hydrogen-bond acceptors (Lipinski definition) is 3. The molecule has 32 heavy (non-hydrogen) atoms. The molecule has 0 N–H and O–H groups in total. The molecule has 3 nitrogen and oxygen atoms in total. The van der Waals surface area contributed by atoms with Gasteiger partial charge in [0.2, 0.25) is 0 Å². The van der Waals surface area contributed by atoms with Crippen LogP contribution >= 0.6 is 0 Å². The third kappa shape index (κ3) is 9.36. The molecular formula is C28H46O3Si. The van der Waals surface area contributed by atoms with Gasteiger partial charge in [0.05, 0.1) is 11.6 Å². The fourth-order valence-corrected chi connectivity index (χ4v) is 7.45. The molecular weight excluding hydrogens is 412 g/mol. The second-order valence-corrected chi connectivity index (χ2v) is 14.6. The summed E-state index contributed by atoms with van der Waals surface area (Å²) in [6, 6.07) is 5.64. The van der Waals surface area contributed by atoms with Crippen LogP contribution in [0.5, 0.6) is 0 Å². The van der Waals surface area contributed by atoms with Gasteiger partial charge in [-0.15, -0.1) is 0 Å². The Morgan fingerprint density at radius 1 is 1.03 bits per heavy atom. The molecule has 1 rings (SSSR count).